The van der Waals surface area contributed by atoms with E-state index in [-0.39, 0.29) is 23.7 Å². The number of likely N-dealkylation sites (tertiary alicyclic amines) is 1. The number of carbonyl (C=O) groups is 1. The lowest BCUT2D eigenvalue weighted by molar-refractivity contribution is -0.126. The molecule has 0 unspecified atom stereocenters. The van der Waals surface area contributed by atoms with Gasteiger partial charge in [-0.3, -0.25) is 9.69 Å². The van der Waals surface area contributed by atoms with Gasteiger partial charge in [-0.25, -0.2) is 4.39 Å². The van der Waals surface area contributed by atoms with Gasteiger partial charge >= 0.3 is 0 Å². The highest BCUT2D eigenvalue weighted by Crippen LogP contribution is 2.29. The summed E-state index contributed by atoms with van der Waals surface area (Å²) in [5.41, 5.74) is 2.03. The second kappa shape index (κ2) is 10.4. The van der Waals surface area contributed by atoms with Crippen LogP contribution < -0.4 is 14.8 Å². The number of nitrogens with zero attached hydrogens (tertiary/aromatic N) is 1. The standard InChI is InChI=1S/C24H31FN2O3/c1-17(2)30-22-11-8-19(13-23(22)29-3)14-26-24(28)20-5-4-12-27(16-20)15-18-6-9-21(25)10-7-18/h6-11,13,17,20H,4-5,12,14-16H2,1-3H3,(H,26,28)/t20-/m1/s1. The van der Waals surface area contributed by atoms with Crippen molar-refractivity contribution in [3.8, 4) is 11.5 Å². The average Bonchev–Trinajstić information content (AvgIpc) is 2.74. The van der Waals surface area contributed by atoms with E-state index in [4.69, 9.17) is 9.47 Å². The fourth-order valence-corrected chi connectivity index (χ4v) is 3.77. The van der Waals surface area contributed by atoms with Crippen LogP contribution in [0.5, 0.6) is 11.5 Å². The van der Waals surface area contributed by atoms with Crippen molar-refractivity contribution in [1.29, 1.82) is 0 Å². The number of carbonyl (C=O) groups excluding carboxylic acids is 1. The second-order valence-corrected chi connectivity index (χ2v) is 8.07. The zero-order valence-electron chi connectivity index (χ0n) is 18.0. The number of hydrogen-bond donors (Lipinski definition) is 1. The van der Waals surface area contributed by atoms with Crippen molar-refractivity contribution >= 4 is 5.91 Å². The zero-order valence-corrected chi connectivity index (χ0v) is 18.0. The Morgan fingerprint density at radius 1 is 1.17 bits per heavy atom. The Balaban J connectivity index is 1.53. The summed E-state index contributed by atoms with van der Waals surface area (Å²) in [5.74, 6) is 1.17. The Morgan fingerprint density at radius 3 is 2.60 bits per heavy atom. The van der Waals surface area contributed by atoms with Gasteiger partial charge in [-0.15, -0.1) is 0 Å². The molecule has 1 atom stereocenters. The highest BCUT2D eigenvalue weighted by molar-refractivity contribution is 5.79. The van der Waals surface area contributed by atoms with Gasteiger partial charge in [-0.05, 0) is 68.6 Å². The van der Waals surface area contributed by atoms with Gasteiger partial charge in [0, 0.05) is 19.6 Å². The molecule has 1 aliphatic rings. The molecule has 0 saturated carbocycles. The second-order valence-electron chi connectivity index (χ2n) is 8.07. The van der Waals surface area contributed by atoms with Gasteiger partial charge in [0.2, 0.25) is 5.91 Å². The van der Waals surface area contributed by atoms with Crippen LogP contribution >= 0.6 is 0 Å². The molecule has 162 valence electrons. The molecule has 1 N–H and O–H groups in total. The molecule has 1 heterocycles. The third kappa shape index (κ3) is 6.20. The zero-order chi connectivity index (χ0) is 21.5. The lowest BCUT2D eigenvalue weighted by atomic mass is 9.96. The van der Waals surface area contributed by atoms with Crippen molar-refractivity contribution in [3.63, 3.8) is 0 Å². The third-order valence-corrected chi connectivity index (χ3v) is 5.25. The van der Waals surface area contributed by atoms with Gasteiger partial charge < -0.3 is 14.8 Å². The van der Waals surface area contributed by atoms with Crippen LogP contribution in [0.15, 0.2) is 42.5 Å². The number of methoxy groups -OCH3 is 1. The molecule has 2 aromatic rings. The molecular formula is C24H31FN2O3. The summed E-state index contributed by atoms with van der Waals surface area (Å²) >= 11 is 0. The number of nitrogens with one attached hydrogen (secondary N) is 1. The third-order valence-electron chi connectivity index (χ3n) is 5.25. The van der Waals surface area contributed by atoms with E-state index in [0.29, 0.717) is 24.6 Å². The van der Waals surface area contributed by atoms with Gasteiger partial charge in [-0.1, -0.05) is 18.2 Å². The molecule has 6 heteroatoms. The molecule has 30 heavy (non-hydrogen) atoms. The Kier molecular flexibility index (Phi) is 7.69. The van der Waals surface area contributed by atoms with Crippen LogP contribution in [0.3, 0.4) is 0 Å². The van der Waals surface area contributed by atoms with Gasteiger partial charge in [0.1, 0.15) is 5.82 Å². The first-order valence-corrected chi connectivity index (χ1v) is 10.5. The minimum absolute atomic E-state index is 0.0374. The molecule has 1 amide bonds. The topological polar surface area (TPSA) is 50.8 Å². The maximum Gasteiger partial charge on any atom is 0.224 e. The van der Waals surface area contributed by atoms with Crippen LogP contribution in [-0.2, 0) is 17.9 Å². The van der Waals surface area contributed by atoms with Crippen molar-refractivity contribution in [2.45, 2.75) is 45.9 Å². The van der Waals surface area contributed by atoms with E-state index in [1.54, 1.807) is 19.2 Å². The number of amides is 1. The van der Waals surface area contributed by atoms with E-state index in [1.165, 1.54) is 12.1 Å². The Bertz CT molecular complexity index is 839. The Hall–Kier alpha value is -2.60. The Labute approximate surface area is 178 Å². The molecule has 0 bridgehead atoms. The SMILES string of the molecule is COc1cc(CNC(=O)[C@@H]2CCCN(Cc3ccc(F)cc3)C2)ccc1OC(C)C. The van der Waals surface area contributed by atoms with E-state index in [9.17, 15) is 9.18 Å². The largest absolute Gasteiger partial charge is 0.493 e. The fraction of sp³-hybridized carbons (Fsp3) is 0.458. The van der Waals surface area contributed by atoms with Crippen molar-refractivity contribution < 1.29 is 18.7 Å². The molecule has 0 spiro atoms. The molecule has 3 rings (SSSR count). The van der Waals surface area contributed by atoms with Crippen LogP contribution in [0, 0.1) is 11.7 Å². The fourth-order valence-electron chi connectivity index (χ4n) is 3.77. The van der Waals surface area contributed by atoms with E-state index < -0.39 is 0 Å². The van der Waals surface area contributed by atoms with Crippen molar-refractivity contribution in [1.82, 2.24) is 10.2 Å². The minimum Gasteiger partial charge on any atom is -0.493 e. The van der Waals surface area contributed by atoms with E-state index in [2.05, 4.69) is 10.2 Å². The molecule has 2 aromatic carbocycles. The van der Waals surface area contributed by atoms with Crippen molar-refractivity contribution in [2.24, 2.45) is 5.92 Å². The predicted octanol–water partition coefficient (Wildman–Crippen LogP) is 4.15. The van der Waals surface area contributed by atoms with Crippen LogP contribution in [0.25, 0.3) is 0 Å². The molecule has 0 aliphatic carbocycles. The van der Waals surface area contributed by atoms with Crippen LogP contribution in [-0.4, -0.2) is 37.1 Å². The number of piperidine rings is 1. The smallest absolute Gasteiger partial charge is 0.224 e. The molecule has 0 radical (unpaired) electrons. The van der Waals surface area contributed by atoms with E-state index in [0.717, 1.165) is 37.1 Å². The van der Waals surface area contributed by atoms with Gasteiger partial charge in [0.05, 0.1) is 19.1 Å². The maximum atomic E-state index is 13.1. The predicted molar refractivity (Wildman–Crippen MR) is 115 cm³/mol. The number of benzene rings is 2. The maximum absolute atomic E-state index is 13.1. The molecule has 5 nitrogen and oxygen atoms in total. The quantitative estimate of drug-likeness (QED) is 0.705. The van der Waals surface area contributed by atoms with Crippen LogP contribution in [0.4, 0.5) is 4.39 Å². The lowest BCUT2D eigenvalue weighted by Crippen LogP contribution is -2.42. The monoisotopic (exact) mass is 414 g/mol. The van der Waals surface area contributed by atoms with E-state index >= 15 is 0 Å². The average molecular weight is 415 g/mol. The molecule has 1 saturated heterocycles. The summed E-state index contributed by atoms with van der Waals surface area (Å²) in [4.78, 5) is 15.0. The van der Waals surface area contributed by atoms with Gasteiger partial charge in [0.15, 0.2) is 11.5 Å². The summed E-state index contributed by atoms with van der Waals surface area (Å²) in [6.45, 7) is 6.79. The normalized spacial score (nSPS) is 17.0. The summed E-state index contributed by atoms with van der Waals surface area (Å²) in [7, 11) is 1.61. The molecular weight excluding hydrogens is 383 g/mol. The van der Waals surface area contributed by atoms with Crippen molar-refractivity contribution in [3.05, 3.63) is 59.4 Å². The number of rotatable bonds is 8. The summed E-state index contributed by atoms with van der Waals surface area (Å²) in [6.07, 6.45) is 1.93. The van der Waals surface area contributed by atoms with E-state index in [1.807, 2.05) is 32.0 Å². The van der Waals surface area contributed by atoms with Gasteiger partial charge in [0.25, 0.3) is 0 Å². The summed E-state index contributed by atoms with van der Waals surface area (Å²) in [6, 6.07) is 12.3. The highest BCUT2D eigenvalue weighted by Gasteiger charge is 2.25. The van der Waals surface area contributed by atoms with Crippen LogP contribution in [0.2, 0.25) is 0 Å². The number of ether oxygens (including phenoxy) is 2. The van der Waals surface area contributed by atoms with Crippen molar-refractivity contribution in [2.75, 3.05) is 20.2 Å². The molecule has 1 aliphatic heterocycles. The summed E-state index contributed by atoms with van der Waals surface area (Å²) in [5, 5.41) is 3.06. The first-order valence-electron chi connectivity index (χ1n) is 10.5. The van der Waals surface area contributed by atoms with Gasteiger partial charge in [-0.2, -0.15) is 0 Å². The lowest BCUT2D eigenvalue weighted by Gasteiger charge is -2.32. The minimum atomic E-state index is -0.227. The Morgan fingerprint density at radius 2 is 1.90 bits per heavy atom. The number of halogens is 1. The molecule has 1 fully saturated rings. The first-order chi connectivity index (χ1) is 14.4. The number of hydrogen-bond acceptors (Lipinski definition) is 4. The summed E-state index contributed by atoms with van der Waals surface area (Å²) < 4.78 is 24.3. The van der Waals surface area contributed by atoms with Crippen LogP contribution in [0.1, 0.15) is 37.8 Å². The highest BCUT2D eigenvalue weighted by atomic mass is 19.1. The first kappa shape index (κ1) is 22.1. The molecule has 0 aromatic heterocycles.